The number of ether oxygens (including phenoxy) is 1. The van der Waals surface area contributed by atoms with Gasteiger partial charge in [-0.3, -0.25) is 0 Å². The summed E-state index contributed by atoms with van der Waals surface area (Å²) in [5.41, 5.74) is 2.26. The number of methoxy groups -OCH3 is 1. The van der Waals surface area contributed by atoms with Crippen LogP contribution >= 0.6 is 15.9 Å². The minimum Gasteiger partial charge on any atom is -0.493 e. The molecule has 0 fully saturated rings. The fraction of sp³-hybridized carbons (Fsp3) is 0.125. The van der Waals surface area contributed by atoms with Crippen LogP contribution in [-0.4, -0.2) is 24.1 Å². The van der Waals surface area contributed by atoms with Gasteiger partial charge in [0, 0.05) is 18.6 Å². The summed E-state index contributed by atoms with van der Waals surface area (Å²) < 4.78 is 19.7. The Morgan fingerprint density at radius 2 is 2.09 bits per heavy atom. The fourth-order valence-electron chi connectivity index (χ4n) is 2.34. The monoisotopic (exact) mass is 361 g/mol. The lowest BCUT2D eigenvalue weighted by Crippen LogP contribution is -1.99. The topological polar surface area (TPSA) is 47.0 Å². The molecule has 0 aliphatic carbocycles. The summed E-state index contributed by atoms with van der Waals surface area (Å²) >= 11 is 3.49. The number of fused-ring (bicyclic) bond motifs is 1. The van der Waals surface area contributed by atoms with Gasteiger partial charge in [-0.25, -0.2) is 14.4 Å². The van der Waals surface area contributed by atoms with Gasteiger partial charge in [0.05, 0.1) is 11.6 Å². The summed E-state index contributed by atoms with van der Waals surface area (Å²) in [6.45, 7) is 0. The van der Waals surface area contributed by atoms with E-state index in [-0.39, 0.29) is 5.82 Å². The van der Waals surface area contributed by atoms with Crippen molar-refractivity contribution < 1.29 is 9.13 Å². The molecule has 0 saturated carbocycles. The molecule has 3 aromatic rings. The standard InChI is InChI=1S/C16H13BrFN3O/c1-19-16-20-8-12-11(9-4-3-5-10(18)6-9)7-13(17)15(22-2)14(12)21-16/h3-8H,1-2H3,(H,19,20,21). The zero-order valence-electron chi connectivity index (χ0n) is 12.0. The minimum atomic E-state index is -0.287. The van der Waals surface area contributed by atoms with Gasteiger partial charge < -0.3 is 10.1 Å². The number of anilines is 1. The first kappa shape index (κ1) is 14.7. The van der Waals surface area contributed by atoms with Gasteiger partial charge in [-0.2, -0.15) is 0 Å². The fourth-order valence-corrected chi connectivity index (χ4v) is 2.92. The number of rotatable bonds is 3. The molecule has 0 radical (unpaired) electrons. The Hall–Kier alpha value is -2.21. The Balaban J connectivity index is 2.36. The molecule has 0 aliphatic heterocycles. The largest absolute Gasteiger partial charge is 0.493 e. The summed E-state index contributed by atoms with van der Waals surface area (Å²) in [6, 6.07) is 8.32. The molecule has 0 amide bonds. The Bertz CT molecular complexity index is 854. The number of nitrogens with one attached hydrogen (secondary N) is 1. The van der Waals surface area contributed by atoms with Crippen molar-refractivity contribution in [3.8, 4) is 16.9 Å². The zero-order valence-corrected chi connectivity index (χ0v) is 13.6. The second-order valence-corrected chi connectivity index (χ2v) is 5.51. The number of nitrogens with zero attached hydrogens (tertiary/aromatic N) is 2. The van der Waals surface area contributed by atoms with Crippen LogP contribution in [0.4, 0.5) is 10.3 Å². The van der Waals surface area contributed by atoms with E-state index in [0.717, 1.165) is 21.0 Å². The van der Waals surface area contributed by atoms with Crippen LogP contribution in [0, 0.1) is 5.82 Å². The highest BCUT2D eigenvalue weighted by atomic mass is 79.9. The summed E-state index contributed by atoms with van der Waals surface area (Å²) in [7, 11) is 3.33. The Kier molecular flexibility index (Phi) is 3.94. The Morgan fingerprint density at radius 3 is 2.77 bits per heavy atom. The van der Waals surface area contributed by atoms with Crippen LogP contribution in [0.25, 0.3) is 22.0 Å². The van der Waals surface area contributed by atoms with Crippen molar-refractivity contribution in [2.45, 2.75) is 0 Å². The van der Waals surface area contributed by atoms with E-state index >= 15 is 0 Å². The average Bonchev–Trinajstić information content (AvgIpc) is 2.53. The number of halogens is 2. The van der Waals surface area contributed by atoms with Crippen molar-refractivity contribution in [1.29, 1.82) is 0 Å². The van der Waals surface area contributed by atoms with E-state index in [9.17, 15) is 4.39 Å². The van der Waals surface area contributed by atoms with Crippen LogP contribution in [-0.2, 0) is 0 Å². The van der Waals surface area contributed by atoms with E-state index in [1.165, 1.54) is 12.1 Å². The molecular weight excluding hydrogens is 349 g/mol. The van der Waals surface area contributed by atoms with Crippen molar-refractivity contribution in [2.24, 2.45) is 0 Å². The first-order valence-electron chi connectivity index (χ1n) is 6.61. The lowest BCUT2D eigenvalue weighted by Gasteiger charge is -2.13. The molecule has 0 aliphatic rings. The summed E-state index contributed by atoms with van der Waals surface area (Å²) in [5.74, 6) is 0.827. The molecule has 6 heteroatoms. The van der Waals surface area contributed by atoms with Crippen molar-refractivity contribution in [3.05, 3.63) is 46.8 Å². The number of hydrogen-bond donors (Lipinski definition) is 1. The lowest BCUT2D eigenvalue weighted by molar-refractivity contribution is 0.416. The summed E-state index contributed by atoms with van der Waals surface area (Å²) in [5, 5.41) is 3.70. The van der Waals surface area contributed by atoms with Crippen LogP contribution in [0.1, 0.15) is 0 Å². The molecule has 1 aromatic heterocycles. The van der Waals surface area contributed by atoms with Crippen molar-refractivity contribution >= 4 is 32.8 Å². The first-order chi connectivity index (χ1) is 10.6. The average molecular weight is 362 g/mol. The zero-order chi connectivity index (χ0) is 15.7. The van der Waals surface area contributed by atoms with E-state index in [4.69, 9.17) is 4.74 Å². The molecule has 0 spiro atoms. The van der Waals surface area contributed by atoms with E-state index in [0.29, 0.717) is 17.2 Å². The third-order valence-electron chi connectivity index (χ3n) is 3.35. The van der Waals surface area contributed by atoms with Crippen molar-refractivity contribution in [2.75, 3.05) is 19.5 Å². The molecule has 4 nitrogen and oxygen atoms in total. The summed E-state index contributed by atoms with van der Waals surface area (Å²) in [4.78, 5) is 8.72. The molecule has 22 heavy (non-hydrogen) atoms. The maximum Gasteiger partial charge on any atom is 0.223 e. The van der Waals surface area contributed by atoms with Gasteiger partial charge in [-0.1, -0.05) is 12.1 Å². The van der Waals surface area contributed by atoms with Crippen LogP contribution < -0.4 is 10.1 Å². The highest BCUT2D eigenvalue weighted by Gasteiger charge is 2.15. The molecule has 3 rings (SSSR count). The third kappa shape index (κ3) is 2.50. The highest BCUT2D eigenvalue weighted by Crippen LogP contribution is 2.39. The van der Waals surface area contributed by atoms with E-state index in [1.54, 1.807) is 26.4 Å². The first-order valence-corrected chi connectivity index (χ1v) is 7.40. The van der Waals surface area contributed by atoms with Gasteiger partial charge >= 0.3 is 0 Å². The number of aromatic nitrogens is 2. The van der Waals surface area contributed by atoms with Crippen LogP contribution in [0.5, 0.6) is 5.75 Å². The molecule has 0 atom stereocenters. The molecule has 0 bridgehead atoms. The van der Waals surface area contributed by atoms with Gasteiger partial charge in [0.2, 0.25) is 5.95 Å². The second-order valence-electron chi connectivity index (χ2n) is 4.66. The lowest BCUT2D eigenvalue weighted by atomic mass is 10.0. The van der Waals surface area contributed by atoms with E-state index < -0.39 is 0 Å². The maximum atomic E-state index is 13.5. The smallest absolute Gasteiger partial charge is 0.223 e. The highest BCUT2D eigenvalue weighted by molar-refractivity contribution is 9.10. The van der Waals surface area contributed by atoms with Gasteiger partial charge in [0.1, 0.15) is 11.3 Å². The molecule has 112 valence electrons. The quantitative estimate of drug-likeness (QED) is 0.757. The summed E-state index contributed by atoms with van der Waals surface area (Å²) in [6.07, 6.45) is 1.71. The molecule has 0 saturated heterocycles. The molecule has 0 unspecified atom stereocenters. The minimum absolute atomic E-state index is 0.287. The number of benzene rings is 2. The van der Waals surface area contributed by atoms with Crippen LogP contribution in [0.2, 0.25) is 0 Å². The van der Waals surface area contributed by atoms with Crippen molar-refractivity contribution in [3.63, 3.8) is 0 Å². The van der Waals surface area contributed by atoms with E-state index in [1.807, 2.05) is 12.1 Å². The molecule has 1 N–H and O–H groups in total. The molecule has 1 heterocycles. The predicted molar refractivity (Wildman–Crippen MR) is 88.7 cm³/mol. The van der Waals surface area contributed by atoms with Gasteiger partial charge in [0.15, 0.2) is 5.75 Å². The van der Waals surface area contributed by atoms with Gasteiger partial charge in [-0.05, 0) is 45.3 Å². The maximum absolute atomic E-state index is 13.5. The predicted octanol–water partition coefficient (Wildman–Crippen LogP) is 4.25. The second kappa shape index (κ2) is 5.88. The molecule has 2 aromatic carbocycles. The Morgan fingerprint density at radius 1 is 1.27 bits per heavy atom. The van der Waals surface area contributed by atoms with Crippen LogP contribution in [0.3, 0.4) is 0 Å². The van der Waals surface area contributed by atoms with E-state index in [2.05, 4.69) is 31.2 Å². The van der Waals surface area contributed by atoms with Crippen LogP contribution in [0.15, 0.2) is 41.0 Å². The Labute approximate surface area is 135 Å². The van der Waals surface area contributed by atoms with Gasteiger partial charge in [-0.15, -0.1) is 0 Å². The molecular formula is C16H13BrFN3O. The third-order valence-corrected chi connectivity index (χ3v) is 3.93. The normalized spacial score (nSPS) is 10.7. The van der Waals surface area contributed by atoms with Crippen molar-refractivity contribution in [1.82, 2.24) is 9.97 Å². The van der Waals surface area contributed by atoms with Gasteiger partial charge in [0.25, 0.3) is 0 Å². The SMILES string of the molecule is CNc1ncc2c(-c3cccc(F)c3)cc(Br)c(OC)c2n1. The number of hydrogen-bond acceptors (Lipinski definition) is 4.